The van der Waals surface area contributed by atoms with Gasteiger partial charge in [-0.3, -0.25) is 4.39 Å². The van der Waals surface area contributed by atoms with Crippen molar-refractivity contribution in [1.82, 2.24) is 24.6 Å². The lowest BCUT2D eigenvalue weighted by atomic mass is 10.3. The summed E-state index contributed by atoms with van der Waals surface area (Å²) in [6.45, 7) is 3.04. The highest BCUT2D eigenvalue weighted by atomic mass is 19.1. The zero-order chi connectivity index (χ0) is 18.4. The van der Waals surface area contributed by atoms with E-state index in [-0.39, 0.29) is 6.67 Å². The quantitative estimate of drug-likeness (QED) is 0.552. The van der Waals surface area contributed by atoms with Crippen molar-refractivity contribution < 1.29 is 9.13 Å². The van der Waals surface area contributed by atoms with Crippen LogP contribution in [0.15, 0.2) is 60.9 Å². The van der Waals surface area contributed by atoms with E-state index in [9.17, 15) is 4.39 Å². The van der Waals surface area contributed by atoms with E-state index in [2.05, 4.69) is 20.1 Å². The van der Waals surface area contributed by atoms with Crippen molar-refractivity contribution in [3.8, 4) is 23.1 Å². The summed E-state index contributed by atoms with van der Waals surface area (Å²) in [7, 11) is 0. The van der Waals surface area contributed by atoms with Crippen molar-refractivity contribution in [2.24, 2.45) is 0 Å². The van der Waals surface area contributed by atoms with E-state index in [1.165, 1.54) is 6.92 Å². The number of para-hydroxylation sites is 1. The number of hydrogen-bond donors (Lipinski definition) is 0. The van der Waals surface area contributed by atoms with Crippen LogP contribution in [-0.4, -0.2) is 31.2 Å². The molecule has 0 N–H and O–H groups in total. The van der Waals surface area contributed by atoms with Crippen LogP contribution in [0.3, 0.4) is 0 Å². The van der Waals surface area contributed by atoms with Crippen molar-refractivity contribution >= 4 is 5.52 Å². The Labute approximate surface area is 150 Å². The molecule has 6 nitrogen and oxygen atoms in total. The Morgan fingerprint density at radius 1 is 1.04 bits per heavy atom. The first-order valence-corrected chi connectivity index (χ1v) is 8.15. The number of halogens is 1. The predicted octanol–water partition coefficient (Wildman–Crippen LogP) is 4.26. The number of hydrogen-bond acceptors (Lipinski definition) is 5. The molecule has 0 bridgehead atoms. The van der Waals surface area contributed by atoms with Gasteiger partial charge in [0.15, 0.2) is 0 Å². The minimum absolute atomic E-state index is 0.250. The maximum atomic E-state index is 10.3. The third-order valence-electron chi connectivity index (χ3n) is 3.32. The lowest BCUT2D eigenvalue weighted by molar-refractivity contribution is 0.464. The molecule has 0 unspecified atom stereocenters. The van der Waals surface area contributed by atoms with E-state index in [4.69, 9.17) is 4.74 Å². The zero-order valence-corrected chi connectivity index (χ0v) is 14.5. The average Bonchev–Trinajstić information content (AvgIpc) is 3.12. The van der Waals surface area contributed by atoms with Gasteiger partial charge in [-0.1, -0.05) is 18.2 Å². The summed E-state index contributed by atoms with van der Waals surface area (Å²) < 4.78 is 18.0. The molecule has 0 amide bonds. The first-order chi connectivity index (χ1) is 12.7. The molecular formula is C19H18FN5O. The molecule has 7 heteroatoms. The largest absolute Gasteiger partial charge is 0.437 e. The Morgan fingerprint density at radius 2 is 1.81 bits per heavy atom. The molecule has 132 valence electrons. The maximum absolute atomic E-state index is 10.3. The van der Waals surface area contributed by atoms with Gasteiger partial charge in [0.05, 0.1) is 6.67 Å². The summed E-state index contributed by atoms with van der Waals surface area (Å²) in [4.78, 5) is 13.0. The van der Waals surface area contributed by atoms with Crippen LogP contribution >= 0.6 is 0 Å². The second kappa shape index (κ2) is 8.15. The van der Waals surface area contributed by atoms with Crippen LogP contribution in [0.5, 0.6) is 11.6 Å². The van der Waals surface area contributed by atoms with Crippen LogP contribution in [0.25, 0.3) is 17.0 Å². The Kier molecular flexibility index (Phi) is 5.48. The summed E-state index contributed by atoms with van der Waals surface area (Å²) >= 11 is 0. The summed E-state index contributed by atoms with van der Waals surface area (Å²) in [6, 6.07) is 15.1. The fraction of sp³-hybridized carbons (Fsp3) is 0.158. The first-order valence-electron chi connectivity index (χ1n) is 8.15. The molecule has 0 fully saturated rings. The highest BCUT2D eigenvalue weighted by molar-refractivity contribution is 5.60. The lowest BCUT2D eigenvalue weighted by Crippen LogP contribution is -2.02. The summed E-state index contributed by atoms with van der Waals surface area (Å²) in [6.07, 6.45) is 3.55. The van der Waals surface area contributed by atoms with Crippen LogP contribution in [0.1, 0.15) is 12.7 Å². The van der Waals surface area contributed by atoms with Gasteiger partial charge in [0.25, 0.3) is 0 Å². The van der Waals surface area contributed by atoms with E-state index in [0.29, 0.717) is 23.2 Å². The Balaban J connectivity index is 0.000000613. The van der Waals surface area contributed by atoms with Crippen molar-refractivity contribution in [3.63, 3.8) is 0 Å². The van der Waals surface area contributed by atoms with Crippen molar-refractivity contribution in [2.75, 3.05) is 6.67 Å². The number of ether oxygens (including phenoxy) is 1. The van der Waals surface area contributed by atoms with Gasteiger partial charge >= 0.3 is 0 Å². The van der Waals surface area contributed by atoms with E-state index in [1.54, 1.807) is 16.8 Å². The Bertz CT molecular complexity index is 988. The molecule has 0 saturated heterocycles. The second-order valence-corrected chi connectivity index (χ2v) is 5.25. The average molecular weight is 351 g/mol. The molecule has 4 rings (SSSR count). The molecule has 1 aromatic carbocycles. The molecule has 0 aliphatic rings. The topological polar surface area (TPSA) is 65.2 Å². The lowest BCUT2D eigenvalue weighted by Gasteiger charge is -2.08. The van der Waals surface area contributed by atoms with Crippen molar-refractivity contribution in [3.05, 3.63) is 66.7 Å². The second-order valence-electron chi connectivity index (χ2n) is 5.25. The number of nitrogens with zero attached hydrogens (tertiary/aromatic N) is 5. The molecule has 0 aliphatic carbocycles. The van der Waals surface area contributed by atoms with Crippen molar-refractivity contribution in [2.45, 2.75) is 13.8 Å². The molecule has 0 saturated carbocycles. The van der Waals surface area contributed by atoms with Gasteiger partial charge in [-0.25, -0.2) is 14.5 Å². The Morgan fingerprint density at radius 3 is 2.54 bits per heavy atom. The molecule has 3 heterocycles. The number of fused-ring (bicyclic) bond motifs is 1. The number of benzene rings is 1. The standard InChI is InChI=1S/C17H13N5O.C2H5F/c1-12-18-10-9-14(19-12)16-20-17(15-8-5-11-22(15)21-16)23-13-6-3-2-4-7-13;1-2-3/h2-11H,1H3;2H2,1H3. The molecule has 0 aliphatic heterocycles. The normalized spacial score (nSPS) is 10.3. The SMILES string of the molecule is CCF.Cc1nccc(-c2nc(Oc3ccccc3)c3cccn3n2)n1. The molecule has 0 atom stereocenters. The number of aromatic nitrogens is 5. The summed E-state index contributed by atoms with van der Waals surface area (Å²) in [5, 5.41) is 4.48. The minimum atomic E-state index is -0.250. The molecule has 4 aromatic rings. The molecular weight excluding hydrogens is 333 g/mol. The van der Waals surface area contributed by atoms with Crippen LogP contribution in [-0.2, 0) is 0 Å². The minimum Gasteiger partial charge on any atom is -0.437 e. The number of rotatable bonds is 3. The fourth-order valence-corrected chi connectivity index (χ4v) is 2.27. The smallest absolute Gasteiger partial charge is 0.247 e. The van der Waals surface area contributed by atoms with Gasteiger partial charge in [0.2, 0.25) is 11.7 Å². The van der Waals surface area contributed by atoms with Crippen LogP contribution in [0.4, 0.5) is 4.39 Å². The number of alkyl halides is 1. The van der Waals surface area contributed by atoms with E-state index in [1.807, 2.05) is 55.6 Å². The third-order valence-corrected chi connectivity index (χ3v) is 3.32. The van der Waals surface area contributed by atoms with E-state index < -0.39 is 0 Å². The van der Waals surface area contributed by atoms with Crippen molar-refractivity contribution in [1.29, 1.82) is 0 Å². The number of aryl methyl sites for hydroxylation is 1. The highest BCUT2D eigenvalue weighted by Gasteiger charge is 2.12. The van der Waals surface area contributed by atoms with Gasteiger partial charge in [-0.2, -0.15) is 4.98 Å². The Hall–Kier alpha value is -3.35. The molecule has 0 spiro atoms. The van der Waals surface area contributed by atoms with Gasteiger partial charge in [0, 0.05) is 12.4 Å². The molecule has 3 aromatic heterocycles. The van der Waals surface area contributed by atoms with Gasteiger partial charge in [0.1, 0.15) is 22.8 Å². The maximum Gasteiger partial charge on any atom is 0.247 e. The third kappa shape index (κ3) is 4.00. The molecule has 26 heavy (non-hydrogen) atoms. The first kappa shape index (κ1) is 17.5. The van der Waals surface area contributed by atoms with E-state index >= 15 is 0 Å². The van der Waals surface area contributed by atoms with Crippen LogP contribution < -0.4 is 4.74 Å². The highest BCUT2D eigenvalue weighted by Crippen LogP contribution is 2.26. The van der Waals surface area contributed by atoms with Gasteiger partial charge in [-0.05, 0) is 44.2 Å². The van der Waals surface area contributed by atoms with Gasteiger partial charge in [-0.15, -0.1) is 5.10 Å². The fourth-order valence-electron chi connectivity index (χ4n) is 2.27. The van der Waals surface area contributed by atoms with Crippen LogP contribution in [0.2, 0.25) is 0 Å². The van der Waals surface area contributed by atoms with E-state index in [0.717, 1.165) is 11.3 Å². The monoisotopic (exact) mass is 351 g/mol. The van der Waals surface area contributed by atoms with Gasteiger partial charge < -0.3 is 4.74 Å². The molecule has 0 radical (unpaired) electrons. The predicted molar refractivity (Wildman–Crippen MR) is 96.9 cm³/mol. The summed E-state index contributed by atoms with van der Waals surface area (Å²) in [5.74, 6) is 2.37. The summed E-state index contributed by atoms with van der Waals surface area (Å²) in [5.41, 5.74) is 1.45. The van der Waals surface area contributed by atoms with Crippen LogP contribution in [0, 0.1) is 6.92 Å². The zero-order valence-electron chi connectivity index (χ0n) is 14.5.